The Balaban J connectivity index is 1.97. The molecule has 132 valence electrons. The summed E-state index contributed by atoms with van der Waals surface area (Å²) in [5.74, 6) is 2.09. The van der Waals surface area contributed by atoms with Crippen LogP contribution in [0.25, 0.3) is 11.4 Å². The van der Waals surface area contributed by atoms with Crippen molar-refractivity contribution in [3.8, 4) is 11.4 Å². The minimum Gasteiger partial charge on any atom is -0.368 e. The van der Waals surface area contributed by atoms with Crippen LogP contribution in [-0.2, 0) is 0 Å². The van der Waals surface area contributed by atoms with Gasteiger partial charge in [-0.15, -0.1) is 0 Å². The molecule has 0 saturated heterocycles. The van der Waals surface area contributed by atoms with Crippen LogP contribution in [0.2, 0.25) is 0 Å². The Kier molecular flexibility index (Phi) is 5.27. The van der Waals surface area contributed by atoms with Crippen molar-refractivity contribution in [2.75, 3.05) is 10.6 Å². The molecule has 3 aromatic rings. The third kappa shape index (κ3) is 4.45. The Morgan fingerprint density at radius 1 is 0.923 bits per heavy atom. The van der Waals surface area contributed by atoms with Crippen molar-refractivity contribution in [3.63, 3.8) is 0 Å². The molecule has 5 nitrogen and oxygen atoms in total. The summed E-state index contributed by atoms with van der Waals surface area (Å²) >= 11 is 0. The summed E-state index contributed by atoms with van der Waals surface area (Å²) in [6, 6.07) is 19.4. The fourth-order valence-corrected chi connectivity index (χ4v) is 2.56. The van der Waals surface area contributed by atoms with Crippen LogP contribution in [0, 0.1) is 0 Å². The smallest absolute Gasteiger partial charge is 0.163 e. The molecule has 1 aromatic heterocycles. The molecule has 0 unspecified atom stereocenters. The second kappa shape index (κ2) is 7.78. The maximum atomic E-state index is 11.6. The molecule has 26 heavy (non-hydrogen) atoms. The predicted octanol–water partition coefficient (Wildman–Crippen LogP) is 4.91. The van der Waals surface area contributed by atoms with Crippen molar-refractivity contribution in [2.24, 2.45) is 0 Å². The zero-order chi connectivity index (χ0) is 18.5. The molecule has 0 aliphatic carbocycles. The summed E-state index contributed by atoms with van der Waals surface area (Å²) in [5.41, 5.74) is 2.42. The monoisotopic (exact) mass is 346 g/mol. The number of carbonyl (C=O) groups excluding carboxylic acids is 1. The van der Waals surface area contributed by atoms with Crippen molar-refractivity contribution in [3.05, 3.63) is 66.2 Å². The second-order valence-corrected chi connectivity index (χ2v) is 6.39. The van der Waals surface area contributed by atoms with Crippen LogP contribution in [0.1, 0.15) is 31.1 Å². The summed E-state index contributed by atoms with van der Waals surface area (Å²) in [6.07, 6.45) is 0. The minimum atomic E-state index is 0.0310. The third-order valence-corrected chi connectivity index (χ3v) is 3.74. The van der Waals surface area contributed by atoms with Crippen LogP contribution in [-0.4, -0.2) is 21.8 Å². The molecular formula is C21H22N4O. The van der Waals surface area contributed by atoms with Crippen LogP contribution >= 0.6 is 0 Å². The SMILES string of the molecule is CC(=O)c1cccc(Nc2cc(NC(C)C)nc(-c3ccccc3)n2)c1. The molecule has 0 aliphatic rings. The van der Waals surface area contributed by atoms with Gasteiger partial charge in [0, 0.05) is 28.9 Å². The average molecular weight is 346 g/mol. The standard InChI is InChI=1S/C21H22N4O/c1-14(2)22-19-13-20(23-18-11-7-10-17(12-18)15(3)26)25-21(24-19)16-8-5-4-6-9-16/h4-14H,1-3H3,(H2,22,23,24,25). The molecule has 0 amide bonds. The van der Waals surface area contributed by atoms with Crippen molar-refractivity contribution in [2.45, 2.75) is 26.8 Å². The minimum absolute atomic E-state index is 0.0310. The van der Waals surface area contributed by atoms with Gasteiger partial charge in [-0.1, -0.05) is 42.5 Å². The summed E-state index contributed by atoms with van der Waals surface area (Å²) in [6.45, 7) is 5.68. The zero-order valence-corrected chi connectivity index (χ0v) is 15.2. The van der Waals surface area contributed by atoms with Gasteiger partial charge in [-0.25, -0.2) is 9.97 Å². The van der Waals surface area contributed by atoms with Gasteiger partial charge in [-0.05, 0) is 32.9 Å². The van der Waals surface area contributed by atoms with Crippen molar-refractivity contribution in [1.82, 2.24) is 9.97 Å². The number of nitrogens with one attached hydrogen (secondary N) is 2. The van der Waals surface area contributed by atoms with E-state index < -0.39 is 0 Å². The number of hydrogen-bond donors (Lipinski definition) is 2. The number of Topliss-reactive ketones (excluding diaryl/α,β-unsaturated/α-hetero) is 1. The Morgan fingerprint density at radius 3 is 2.35 bits per heavy atom. The maximum absolute atomic E-state index is 11.6. The number of hydrogen-bond acceptors (Lipinski definition) is 5. The van der Waals surface area contributed by atoms with E-state index in [0.717, 1.165) is 17.1 Å². The molecule has 0 aliphatic heterocycles. The molecule has 0 atom stereocenters. The first-order valence-electron chi connectivity index (χ1n) is 8.60. The highest BCUT2D eigenvalue weighted by atomic mass is 16.1. The molecule has 0 radical (unpaired) electrons. The Hall–Kier alpha value is -3.21. The molecular weight excluding hydrogens is 324 g/mol. The fourth-order valence-electron chi connectivity index (χ4n) is 2.56. The molecule has 3 rings (SSSR count). The van der Waals surface area contributed by atoms with E-state index in [4.69, 9.17) is 0 Å². The Morgan fingerprint density at radius 2 is 1.65 bits per heavy atom. The van der Waals surface area contributed by atoms with Crippen LogP contribution in [0.15, 0.2) is 60.7 Å². The number of aromatic nitrogens is 2. The number of benzene rings is 2. The van der Waals surface area contributed by atoms with Crippen LogP contribution in [0.3, 0.4) is 0 Å². The first-order valence-corrected chi connectivity index (χ1v) is 8.60. The number of ketones is 1. The lowest BCUT2D eigenvalue weighted by Gasteiger charge is -2.13. The van der Waals surface area contributed by atoms with Crippen LogP contribution < -0.4 is 10.6 Å². The molecule has 5 heteroatoms. The summed E-state index contributed by atoms with van der Waals surface area (Å²) in [7, 11) is 0. The van der Waals surface area contributed by atoms with E-state index in [-0.39, 0.29) is 11.8 Å². The van der Waals surface area contributed by atoms with E-state index >= 15 is 0 Å². The number of rotatable bonds is 6. The Labute approximate surface area is 153 Å². The third-order valence-electron chi connectivity index (χ3n) is 3.74. The highest BCUT2D eigenvalue weighted by Gasteiger charge is 2.09. The molecule has 0 fully saturated rings. The van der Waals surface area contributed by atoms with E-state index in [1.807, 2.05) is 54.6 Å². The van der Waals surface area contributed by atoms with Gasteiger partial charge in [-0.2, -0.15) is 0 Å². The first kappa shape index (κ1) is 17.6. The predicted molar refractivity (Wildman–Crippen MR) is 106 cm³/mol. The second-order valence-electron chi connectivity index (χ2n) is 6.39. The van der Waals surface area contributed by atoms with Gasteiger partial charge < -0.3 is 10.6 Å². The van der Waals surface area contributed by atoms with Gasteiger partial charge in [0.15, 0.2) is 11.6 Å². The van der Waals surface area contributed by atoms with E-state index in [1.165, 1.54) is 0 Å². The summed E-state index contributed by atoms with van der Waals surface area (Å²) in [4.78, 5) is 20.8. The quantitative estimate of drug-likeness (QED) is 0.621. The lowest BCUT2D eigenvalue weighted by atomic mass is 10.1. The van der Waals surface area contributed by atoms with Gasteiger partial charge >= 0.3 is 0 Å². The zero-order valence-electron chi connectivity index (χ0n) is 15.2. The summed E-state index contributed by atoms with van der Waals surface area (Å²) < 4.78 is 0. The normalized spacial score (nSPS) is 10.6. The largest absolute Gasteiger partial charge is 0.368 e. The molecule has 0 saturated carbocycles. The molecule has 2 aromatic carbocycles. The van der Waals surface area contributed by atoms with E-state index in [0.29, 0.717) is 17.2 Å². The lowest BCUT2D eigenvalue weighted by molar-refractivity contribution is 0.101. The van der Waals surface area contributed by atoms with Gasteiger partial charge in [0.2, 0.25) is 0 Å². The van der Waals surface area contributed by atoms with Crippen molar-refractivity contribution < 1.29 is 4.79 Å². The lowest BCUT2D eigenvalue weighted by Crippen LogP contribution is -2.12. The van der Waals surface area contributed by atoms with E-state index in [1.54, 1.807) is 13.0 Å². The van der Waals surface area contributed by atoms with Crippen LogP contribution in [0.4, 0.5) is 17.3 Å². The molecule has 0 spiro atoms. The highest BCUT2D eigenvalue weighted by Crippen LogP contribution is 2.23. The highest BCUT2D eigenvalue weighted by molar-refractivity contribution is 5.95. The fraction of sp³-hybridized carbons (Fsp3) is 0.190. The topological polar surface area (TPSA) is 66.9 Å². The van der Waals surface area contributed by atoms with Gasteiger partial charge in [0.25, 0.3) is 0 Å². The van der Waals surface area contributed by atoms with Gasteiger partial charge in [0.1, 0.15) is 11.6 Å². The summed E-state index contributed by atoms with van der Waals surface area (Å²) in [5, 5.41) is 6.61. The average Bonchev–Trinajstić information content (AvgIpc) is 2.62. The molecule has 2 N–H and O–H groups in total. The number of nitrogens with zero attached hydrogens (tertiary/aromatic N) is 2. The van der Waals surface area contributed by atoms with E-state index in [2.05, 4.69) is 34.4 Å². The van der Waals surface area contributed by atoms with Gasteiger partial charge in [0.05, 0.1) is 0 Å². The first-order chi connectivity index (χ1) is 12.5. The molecule has 0 bridgehead atoms. The number of carbonyl (C=O) groups is 1. The van der Waals surface area contributed by atoms with E-state index in [9.17, 15) is 4.79 Å². The van der Waals surface area contributed by atoms with Crippen molar-refractivity contribution >= 4 is 23.1 Å². The van der Waals surface area contributed by atoms with Crippen LogP contribution in [0.5, 0.6) is 0 Å². The maximum Gasteiger partial charge on any atom is 0.163 e. The van der Waals surface area contributed by atoms with Gasteiger partial charge in [-0.3, -0.25) is 4.79 Å². The molecule has 1 heterocycles. The Bertz CT molecular complexity index is 907. The van der Waals surface area contributed by atoms with Crippen molar-refractivity contribution in [1.29, 1.82) is 0 Å². The number of anilines is 3.